The smallest absolute Gasteiger partial charge is 0.261 e. The normalized spacial score (nSPS) is 13.1. The molecule has 6 nitrogen and oxygen atoms in total. The fourth-order valence-electron chi connectivity index (χ4n) is 1.43. The molecule has 0 saturated heterocycles. The molecule has 0 aliphatic heterocycles. The fourth-order valence-corrected chi connectivity index (χ4v) is 1.43. The van der Waals surface area contributed by atoms with Gasteiger partial charge in [-0.15, -0.1) is 0 Å². The van der Waals surface area contributed by atoms with Crippen LogP contribution < -0.4 is 5.73 Å². The molecule has 0 fully saturated rings. The predicted molar refractivity (Wildman–Crippen MR) is 62.9 cm³/mol. The summed E-state index contributed by atoms with van der Waals surface area (Å²) in [7, 11) is 1.62. The van der Waals surface area contributed by atoms with Gasteiger partial charge in [0.2, 0.25) is 5.89 Å². The quantitative estimate of drug-likeness (QED) is 0.650. The molecule has 1 heterocycles. The number of nitrogens with zero attached hydrogens (tertiary/aromatic N) is 2. The van der Waals surface area contributed by atoms with Gasteiger partial charge >= 0.3 is 0 Å². The third-order valence-corrected chi connectivity index (χ3v) is 2.38. The Bertz CT molecular complexity index is 350. The van der Waals surface area contributed by atoms with Crippen LogP contribution >= 0.6 is 0 Å². The first kappa shape index (κ1) is 15.9. The summed E-state index contributed by atoms with van der Waals surface area (Å²) in [6.45, 7) is 0.166. The highest BCUT2D eigenvalue weighted by Crippen LogP contribution is 2.13. The van der Waals surface area contributed by atoms with Gasteiger partial charge in [0.1, 0.15) is 6.61 Å². The Morgan fingerprint density at radius 2 is 2.16 bits per heavy atom. The summed E-state index contributed by atoms with van der Waals surface area (Å²) in [5.74, 6) is 0.756. The molecule has 0 saturated carbocycles. The van der Waals surface area contributed by atoms with Gasteiger partial charge in [-0.1, -0.05) is 5.16 Å². The van der Waals surface area contributed by atoms with E-state index in [1.165, 1.54) is 0 Å². The van der Waals surface area contributed by atoms with E-state index >= 15 is 0 Å². The number of ether oxygens (including phenoxy) is 2. The zero-order valence-electron chi connectivity index (χ0n) is 10.8. The molecule has 1 rings (SSSR count). The monoisotopic (exact) mass is 279 g/mol. The Labute approximate surface area is 110 Å². The molecule has 2 N–H and O–H groups in total. The first-order valence-electron chi connectivity index (χ1n) is 6.06. The lowest BCUT2D eigenvalue weighted by Gasteiger charge is -2.05. The minimum atomic E-state index is -2.46. The van der Waals surface area contributed by atoms with Gasteiger partial charge in [-0.05, 0) is 12.8 Å². The summed E-state index contributed by atoms with van der Waals surface area (Å²) < 4.78 is 38.3. The number of hydrogen-bond donors (Lipinski definition) is 1. The first-order chi connectivity index (χ1) is 9.13. The number of halogens is 2. The number of alkyl halides is 2. The zero-order valence-corrected chi connectivity index (χ0v) is 10.8. The topological polar surface area (TPSA) is 83.4 Å². The maximum atomic E-state index is 11.8. The molecule has 0 radical (unpaired) electrons. The minimum absolute atomic E-state index is 0.127. The molecule has 0 spiro atoms. The average Bonchev–Trinajstić information content (AvgIpc) is 2.83. The third kappa shape index (κ3) is 6.55. The van der Waals surface area contributed by atoms with Crippen LogP contribution in [0.25, 0.3) is 0 Å². The number of hydrogen-bond acceptors (Lipinski definition) is 6. The predicted octanol–water partition coefficient (Wildman–Crippen LogP) is 1.32. The summed E-state index contributed by atoms with van der Waals surface area (Å²) >= 11 is 0. The van der Waals surface area contributed by atoms with Crippen LogP contribution in [0.4, 0.5) is 8.78 Å². The third-order valence-electron chi connectivity index (χ3n) is 2.38. The Morgan fingerprint density at radius 1 is 1.37 bits per heavy atom. The lowest BCUT2D eigenvalue weighted by atomic mass is 10.2. The molecule has 8 heteroatoms. The van der Waals surface area contributed by atoms with Crippen LogP contribution in [0, 0.1) is 0 Å². The Hall–Kier alpha value is -1.12. The highest BCUT2D eigenvalue weighted by molar-refractivity contribution is 4.91. The molecule has 19 heavy (non-hydrogen) atoms. The maximum absolute atomic E-state index is 11.8. The second-order valence-corrected chi connectivity index (χ2v) is 4.01. The zero-order chi connectivity index (χ0) is 14.1. The molecule has 0 aliphatic carbocycles. The summed E-state index contributed by atoms with van der Waals surface area (Å²) in [6, 6.07) is -0.335. The van der Waals surface area contributed by atoms with Crippen molar-refractivity contribution < 1.29 is 22.8 Å². The molecule has 1 unspecified atom stereocenters. The summed E-state index contributed by atoms with van der Waals surface area (Å²) in [5, 5.41) is 3.72. The van der Waals surface area contributed by atoms with Crippen molar-refractivity contribution in [2.45, 2.75) is 31.7 Å². The average molecular weight is 279 g/mol. The second-order valence-electron chi connectivity index (χ2n) is 4.01. The van der Waals surface area contributed by atoms with E-state index in [9.17, 15) is 8.78 Å². The van der Waals surface area contributed by atoms with Gasteiger partial charge in [-0.3, -0.25) is 0 Å². The maximum Gasteiger partial charge on any atom is 0.261 e. The number of methoxy groups -OCH3 is 1. The van der Waals surface area contributed by atoms with Crippen LogP contribution in [0.1, 0.15) is 30.6 Å². The van der Waals surface area contributed by atoms with E-state index in [0.29, 0.717) is 31.2 Å². The van der Waals surface area contributed by atoms with E-state index < -0.39 is 13.0 Å². The van der Waals surface area contributed by atoms with Gasteiger partial charge in [0.25, 0.3) is 6.43 Å². The lowest BCUT2D eigenvalue weighted by Crippen LogP contribution is -2.12. The standard InChI is InChI=1S/C11H19F2N3O3/c1-17-5-2-3-8(14)11-15-10(16-19-11)4-6-18-7-9(12)13/h8-9H,2-7,14H2,1H3. The van der Waals surface area contributed by atoms with Crippen LogP contribution in [-0.4, -0.2) is 43.5 Å². The van der Waals surface area contributed by atoms with Crippen LogP contribution in [0.3, 0.4) is 0 Å². The largest absolute Gasteiger partial charge is 0.385 e. The van der Waals surface area contributed by atoms with E-state index in [1.54, 1.807) is 7.11 Å². The van der Waals surface area contributed by atoms with Crippen molar-refractivity contribution in [1.82, 2.24) is 10.1 Å². The van der Waals surface area contributed by atoms with Crippen molar-refractivity contribution in [3.63, 3.8) is 0 Å². The van der Waals surface area contributed by atoms with Crippen molar-refractivity contribution in [3.8, 4) is 0 Å². The van der Waals surface area contributed by atoms with Gasteiger partial charge < -0.3 is 19.7 Å². The molecular formula is C11H19F2N3O3. The number of rotatable bonds is 10. The lowest BCUT2D eigenvalue weighted by molar-refractivity contribution is 0.0182. The highest BCUT2D eigenvalue weighted by atomic mass is 19.3. The molecule has 1 aromatic rings. The molecule has 0 aliphatic rings. The summed E-state index contributed by atoms with van der Waals surface area (Å²) in [5.41, 5.74) is 5.86. The Morgan fingerprint density at radius 3 is 2.84 bits per heavy atom. The molecule has 0 aromatic carbocycles. The SMILES string of the molecule is COCCCC(N)c1nc(CCOCC(F)F)no1. The molecule has 1 aromatic heterocycles. The highest BCUT2D eigenvalue weighted by Gasteiger charge is 2.14. The Kier molecular flexibility index (Phi) is 7.46. The van der Waals surface area contributed by atoms with Crippen LogP contribution in [0.5, 0.6) is 0 Å². The van der Waals surface area contributed by atoms with Crippen molar-refractivity contribution >= 4 is 0 Å². The molecule has 0 bridgehead atoms. The van der Waals surface area contributed by atoms with Crippen LogP contribution in [0.2, 0.25) is 0 Å². The second kappa shape index (κ2) is 8.89. The first-order valence-corrected chi connectivity index (χ1v) is 6.06. The van der Waals surface area contributed by atoms with Crippen LogP contribution in [-0.2, 0) is 15.9 Å². The van der Waals surface area contributed by atoms with Crippen molar-refractivity contribution in [3.05, 3.63) is 11.7 Å². The van der Waals surface area contributed by atoms with Gasteiger partial charge in [0, 0.05) is 20.1 Å². The van der Waals surface area contributed by atoms with Crippen LogP contribution in [0.15, 0.2) is 4.52 Å². The van der Waals surface area contributed by atoms with Gasteiger partial charge in [0.05, 0.1) is 12.6 Å². The van der Waals surface area contributed by atoms with Crippen molar-refractivity contribution in [2.75, 3.05) is 26.9 Å². The minimum Gasteiger partial charge on any atom is -0.385 e. The molecule has 110 valence electrons. The van der Waals surface area contributed by atoms with E-state index in [1.807, 2.05) is 0 Å². The molecular weight excluding hydrogens is 260 g/mol. The summed E-state index contributed by atoms with van der Waals surface area (Å²) in [6.07, 6.45) is -0.666. The fraction of sp³-hybridized carbons (Fsp3) is 0.818. The van der Waals surface area contributed by atoms with Gasteiger partial charge in [-0.25, -0.2) is 8.78 Å². The molecule has 0 amide bonds. The van der Waals surface area contributed by atoms with Crippen molar-refractivity contribution in [1.29, 1.82) is 0 Å². The van der Waals surface area contributed by atoms with E-state index in [2.05, 4.69) is 10.1 Å². The van der Waals surface area contributed by atoms with E-state index in [4.69, 9.17) is 19.7 Å². The summed E-state index contributed by atoms with van der Waals surface area (Å²) in [4.78, 5) is 4.09. The van der Waals surface area contributed by atoms with E-state index in [0.717, 1.165) is 6.42 Å². The van der Waals surface area contributed by atoms with Crippen molar-refractivity contribution in [2.24, 2.45) is 5.73 Å². The Balaban J connectivity index is 2.27. The number of nitrogens with two attached hydrogens (primary N) is 1. The van der Waals surface area contributed by atoms with Gasteiger partial charge in [-0.2, -0.15) is 4.98 Å². The van der Waals surface area contributed by atoms with E-state index in [-0.39, 0.29) is 12.6 Å². The molecule has 1 atom stereocenters. The number of aromatic nitrogens is 2. The van der Waals surface area contributed by atoms with Gasteiger partial charge in [0.15, 0.2) is 5.82 Å².